The predicted molar refractivity (Wildman–Crippen MR) is 103 cm³/mol. The lowest BCUT2D eigenvalue weighted by Crippen LogP contribution is -2.09. The molecular weight excluding hydrogens is 392 g/mol. The fraction of sp³-hybridized carbons (Fsp3) is 0. The molecule has 0 spiro atoms. The number of nitrogens with two attached hydrogens (primary N) is 2. The van der Waals surface area contributed by atoms with Gasteiger partial charge in [-0.2, -0.15) is 21.0 Å². The summed E-state index contributed by atoms with van der Waals surface area (Å²) >= 11 is 0. The van der Waals surface area contributed by atoms with Crippen LogP contribution >= 0.6 is 0 Å². The van der Waals surface area contributed by atoms with Crippen molar-refractivity contribution in [2.75, 3.05) is 10.9 Å². The van der Waals surface area contributed by atoms with Crippen molar-refractivity contribution in [3.8, 4) is 24.3 Å². The number of nitrogens with zero attached hydrogens (tertiary/aromatic N) is 4. The molecule has 0 bridgehead atoms. The van der Waals surface area contributed by atoms with E-state index in [0.29, 0.717) is 33.6 Å². The van der Waals surface area contributed by atoms with Gasteiger partial charge in [0, 0.05) is 0 Å². The number of carbonyl (C=O) groups is 2. The molecule has 0 aromatic heterocycles. The predicted octanol–water partition coefficient (Wildman–Crippen LogP) is 0.587. The summed E-state index contributed by atoms with van der Waals surface area (Å²) in [6.07, 6.45) is 0. The van der Waals surface area contributed by atoms with Crippen molar-refractivity contribution >= 4 is 23.3 Å². The third kappa shape index (κ3) is 7.23. The number of nitrogens with one attached hydrogen (secondary N) is 2. The highest BCUT2D eigenvalue weighted by Gasteiger charge is 2.05. The van der Waals surface area contributed by atoms with E-state index in [1.54, 1.807) is 36.4 Å². The minimum atomic E-state index is -1.82. The fourth-order valence-corrected chi connectivity index (χ4v) is 1.79. The van der Waals surface area contributed by atoms with Crippen LogP contribution in [0.1, 0.15) is 22.3 Å². The highest BCUT2D eigenvalue weighted by Crippen LogP contribution is 2.18. The van der Waals surface area contributed by atoms with Crippen molar-refractivity contribution in [1.82, 2.24) is 0 Å². The van der Waals surface area contributed by atoms with Crippen LogP contribution in [-0.4, -0.2) is 22.2 Å². The topological polar surface area (TPSA) is 246 Å². The smallest absolute Gasteiger partial charge is 0.414 e. The SMILES string of the molecule is N#Cc1cccc(C#N)c1NN.N#Cc1cccc(C#N)c1NN.O=C(O)C(=O)O. The van der Waals surface area contributed by atoms with E-state index < -0.39 is 11.9 Å². The summed E-state index contributed by atoms with van der Waals surface area (Å²) in [5.74, 6) is 6.65. The van der Waals surface area contributed by atoms with Crippen molar-refractivity contribution in [2.45, 2.75) is 0 Å². The molecule has 12 heteroatoms. The maximum Gasteiger partial charge on any atom is 0.414 e. The minimum absolute atomic E-state index is 0.372. The van der Waals surface area contributed by atoms with Crippen LogP contribution in [0.25, 0.3) is 0 Å². The number of hydrazine groups is 2. The van der Waals surface area contributed by atoms with Crippen molar-refractivity contribution in [3.63, 3.8) is 0 Å². The Balaban J connectivity index is 0.000000447. The Morgan fingerprint density at radius 2 is 0.900 bits per heavy atom. The van der Waals surface area contributed by atoms with Crippen LogP contribution in [-0.2, 0) is 9.59 Å². The van der Waals surface area contributed by atoms with Crippen LogP contribution in [0.15, 0.2) is 36.4 Å². The van der Waals surface area contributed by atoms with E-state index in [1.807, 2.05) is 24.3 Å². The van der Waals surface area contributed by atoms with Gasteiger partial charge in [0.15, 0.2) is 0 Å². The average Bonchev–Trinajstić information content (AvgIpc) is 2.78. The molecular formula is C18H14N8O4. The van der Waals surface area contributed by atoms with Crippen LogP contribution in [0, 0.1) is 45.3 Å². The molecule has 12 nitrogen and oxygen atoms in total. The van der Waals surface area contributed by atoms with Gasteiger partial charge in [-0.05, 0) is 24.3 Å². The van der Waals surface area contributed by atoms with Crippen molar-refractivity contribution in [1.29, 1.82) is 21.0 Å². The maximum atomic E-state index is 9.10. The molecule has 0 aliphatic rings. The fourth-order valence-electron chi connectivity index (χ4n) is 1.79. The van der Waals surface area contributed by atoms with Crippen LogP contribution in [0.5, 0.6) is 0 Å². The zero-order valence-corrected chi connectivity index (χ0v) is 15.1. The number of aliphatic carboxylic acids is 2. The van der Waals surface area contributed by atoms with E-state index in [9.17, 15) is 0 Å². The van der Waals surface area contributed by atoms with Crippen LogP contribution < -0.4 is 22.5 Å². The number of para-hydroxylation sites is 2. The number of nitriles is 4. The van der Waals surface area contributed by atoms with Gasteiger partial charge in [0.05, 0.1) is 33.6 Å². The first-order valence-electron chi connectivity index (χ1n) is 7.57. The lowest BCUT2D eigenvalue weighted by molar-refractivity contribution is -0.159. The second kappa shape index (κ2) is 13.1. The Bertz CT molecular complexity index is 935. The van der Waals surface area contributed by atoms with Crippen LogP contribution in [0.2, 0.25) is 0 Å². The van der Waals surface area contributed by atoms with E-state index in [1.165, 1.54) is 0 Å². The van der Waals surface area contributed by atoms with Crippen molar-refractivity contribution in [2.24, 2.45) is 11.7 Å². The number of rotatable bonds is 2. The van der Waals surface area contributed by atoms with Gasteiger partial charge in [-0.15, -0.1) is 0 Å². The molecule has 0 unspecified atom stereocenters. The van der Waals surface area contributed by atoms with Gasteiger partial charge < -0.3 is 21.1 Å². The summed E-state index contributed by atoms with van der Waals surface area (Å²) in [6.45, 7) is 0. The van der Waals surface area contributed by atoms with Gasteiger partial charge in [0.25, 0.3) is 0 Å². The average molecular weight is 406 g/mol. The number of carboxylic acid groups (broad SMARTS) is 2. The first-order valence-corrected chi connectivity index (χ1v) is 7.57. The number of hydrogen-bond donors (Lipinski definition) is 6. The number of nitrogen functional groups attached to an aromatic ring is 2. The standard InChI is InChI=1S/2C8H6N4.C2H2O4/c2*9-4-6-2-1-3-7(5-10)8(6)12-11;3-1(4)2(5)6/h2*1-3,12H,11H2;(H,3,4)(H,5,6). The lowest BCUT2D eigenvalue weighted by Gasteiger charge is -2.03. The summed E-state index contributed by atoms with van der Waals surface area (Å²) in [7, 11) is 0. The molecule has 0 atom stereocenters. The quantitative estimate of drug-likeness (QED) is 0.228. The van der Waals surface area contributed by atoms with Crippen molar-refractivity contribution < 1.29 is 19.8 Å². The molecule has 2 aromatic carbocycles. The number of carboxylic acids is 2. The highest BCUT2D eigenvalue weighted by atomic mass is 16.4. The van der Waals surface area contributed by atoms with E-state index in [2.05, 4.69) is 10.9 Å². The summed E-state index contributed by atoms with van der Waals surface area (Å²) < 4.78 is 0. The number of hydrogen-bond acceptors (Lipinski definition) is 10. The molecule has 8 N–H and O–H groups in total. The second-order valence-electron chi connectivity index (χ2n) is 4.80. The summed E-state index contributed by atoms with van der Waals surface area (Å²) in [6, 6.07) is 17.4. The normalized spacial score (nSPS) is 8.07. The Kier molecular flexibility index (Phi) is 10.8. The molecule has 0 heterocycles. The molecule has 0 radical (unpaired) electrons. The van der Waals surface area contributed by atoms with E-state index in [4.69, 9.17) is 52.5 Å². The molecule has 0 saturated heterocycles. The highest BCUT2D eigenvalue weighted by molar-refractivity contribution is 6.27. The van der Waals surface area contributed by atoms with Crippen LogP contribution in [0.3, 0.4) is 0 Å². The molecule has 0 fully saturated rings. The number of benzene rings is 2. The van der Waals surface area contributed by atoms with Gasteiger partial charge in [0.2, 0.25) is 0 Å². The van der Waals surface area contributed by atoms with Gasteiger partial charge in [-0.25, -0.2) is 9.59 Å². The third-order valence-corrected chi connectivity index (χ3v) is 3.08. The Morgan fingerprint density at radius 1 is 0.667 bits per heavy atom. The molecule has 2 rings (SSSR count). The monoisotopic (exact) mass is 406 g/mol. The van der Waals surface area contributed by atoms with E-state index >= 15 is 0 Å². The van der Waals surface area contributed by atoms with Gasteiger partial charge >= 0.3 is 11.9 Å². The first-order chi connectivity index (χ1) is 14.3. The molecule has 30 heavy (non-hydrogen) atoms. The lowest BCUT2D eigenvalue weighted by atomic mass is 10.1. The Morgan fingerprint density at radius 3 is 1.03 bits per heavy atom. The minimum Gasteiger partial charge on any atom is -0.473 e. The number of anilines is 2. The van der Waals surface area contributed by atoms with Crippen LogP contribution in [0.4, 0.5) is 11.4 Å². The van der Waals surface area contributed by atoms with Gasteiger partial charge in [-0.1, -0.05) is 12.1 Å². The zero-order valence-electron chi connectivity index (χ0n) is 15.1. The van der Waals surface area contributed by atoms with Gasteiger partial charge in [-0.3, -0.25) is 11.7 Å². The second-order valence-corrected chi connectivity index (χ2v) is 4.80. The summed E-state index contributed by atoms with van der Waals surface area (Å²) in [5.41, 5.74) is 6.88. The molecule has 150 valence electrons. The summed E-state index contributed by atoms with van der Waals surface area (Å²) in [5, 5.41) is 49.2. The van der Waals surface area contributed by atoms with Gasteiger partial charge in [0.1, 0.15) is 24.3 Å². The Labute approximate surface area is 170 Å². The third-order valence-electron chi connectivity index (χ3n) is 3.08. The van der Waals surface area contributed by atoms with E-state index in [0.717, 1.165) is 0 Å². The van der Waals surface area contributed by atoms with Crippen molar-refractivity contribution in [3.05, 3.63) is 58.7 Å². The zero-order chi connectivity index (χ0) is 23.1. The maximum absolute atomic E-state index is 9.10. The van der Waals surface area contributed by atoms with E-state index in [-0.39, 0.29) is 0 Å². The molecule has 0 saturated carbocycles. The largest absolute Gasteiger partial charge is 0.473 e. The Hall–Kier alpha value is -5.14. The molecule has 0 aliphatic heterocycles. The molecule has 0 aliphatic carbocycles. The summed E-state index contributed by atoms with van der Waals surface area (Å²) in [4.78, 5) is 18.2. The molecule has 0 amide bonds. The first kappa shape index (κ1) is 24.9. The molecule has 2 aromatic rings.